The number of nitrogens with one attached hydrogen (secondary N) is 1. The standard InChI is InChI=1S/C13H15F2N3/c1-3-16-13(9-7-17-18(2)8-9)11-5-4-10(14)6-12(11)15/h4-8,13,16H,3H2,1-2H3. The summed E-state index contributed by atoms with van der Waals surface area (Å²) in [6.45, 7) is 2.61. The fourth-order valence-electron chi connectivity index (χ4n) is 1.94. The Labute approximate surface area is 104 Å². The molecular weight excluding hydrogens is 236 g/mol. The van der Waals surface area contributed by atoms with Crippen molar-refractivity contribution in [2.75, 3.05) is 6.54 Å². The molecule has 1 unspecified atom stereocenters. The second kappa shape index (κ2) is 5.27. The van der Waals surface area contributed by atoms with E-state index in [1.165, 1.54) is 12.1 Å². The van der Waals surface area contributed by atoms with Crippen molar-refractivity contribution in [3.63, 3.8) is 0 Å². The smallest absolute Gasteiger partial charge is 0.131 e. The average Bonchev–Trinajstić information content (AvgIpc) is 2.73. The van der Waals surface area contributed by atoms with E-state index in [0.717, 1.165) is 11.6 Å². The van der Waals surface area contributed by atoms with Crippen molar-refractivity contribution >= 4 is 0 Å². The summed E-state index contributed by atoms with van der Waals surface area (Å²) in [5, 5.41) is 7.25. The summed E-state index contributed by atoms with van der Waals surface area (Å²) in [7, 11) is 1.80. The third kappa shape index (κ3) is 2.56. The fourth-order valence-corrected chi connectivity index (χ4v) is 1.94. The van der Waals surface area contributed by atoms with Crippen molar-refractivity contribution in [1.29, 1.82) is 0 Å². The molecule has 5 heteroatoms. The Morgan fingerprint density at radius 1 is 1.39 bits per heavy atom. The van der Waals surface area contributed by atoms with Gasteiger partial charge in [0.1, 0.15) is 11.6 Å². The minimum Gasteiger partial charge on any atom is -0.306 e. The molecule has 0 aliphatic carbocycles. The Kier molecular flexibility index (Phi) is 3.72. The summed E-state index contributed by atoms with van der Waals surface area (Å²) in [5.74, 6) is -1.12. The maximum absolute atomic E-state index is 13.8. The highest BCUT2D eigenvalue weighted by atomic mass is 19.1. The zero-order chi connectivity index (χ0) is 13.1. The summed E-state index contributed by atoms with van der Waals surface area (Å²) in [4.78, 5) is 0. The van der Waals surface area contributed by atoms with E-state index in [1.807, 2.05) is 13.1 Å². The van der Waals surface area contributed by atoms with Crippen molar-refractivity contribution in [1.82, 2.24) is 15.1 Å². The Hall–Kier alpha value is -1.75. The molecule has 1 aromatic heterocycles. The van der Waals surface area contributed by atoms with Gasteiger partial charge in [-0.3, -0.25) is 4.68 Å². The van der Waals surface area contributed by atoms with E-state index in [-0.39, 0.29) is 6.04 Å². The lowest BCUT2D eigenvalue weighted by atomic mass is 10.0. The van der Waals surface area contributed by atoms with Crippen molar-refractivity contribution in [2.45, 2.75) is 13.0 Å². The largest absolute Gasteiger partial charge is 0.306 e. The number of halogens is 2. The van der Waals surface area contributed by atoms with Gasteiger partial charge in [-0.25, -0.2) is 8.78 Å². The summed E-state index contributed by atoms with van der Waals surface area (Å²) < 4.78 is 28.4. The van der Waals surface area contributed by atoms with E-state index in [4.69, 9.17) is 0 Å². The van der Waals surface area contributed by atoms with Crippen LogP contribution in [0.5, 0.6) is 0 Å². The van der Waals surface area contributed by atoms with Crippen LogP contribution in [0.2, 0.25) is 0 Å². The number of hydrogen-bond donors (Lipinski definition) is 1. The van der Waals surface area contributed by atoms with Gasteiger partial charge in [-0.2, -0.15) is 5.10 Å². The molecule has 18 heavy (non-hydrogen) atoms. The molecule has 1 atom stereocenters. The van der Waals surface area contributed by atoms with Gasteiger partial charge in [-0.15, -0.1) is 0 Å². The minimum absolute atomic E-state index is 0.315. The number of nitrogens with zero attached hydrogens (tertiary/aromatic N) is 2. The Bertz CT molecular complexity index is 537. The van der Waals surface area contributed by atoms with Crippen LogP contribution in [0.25, 0.3) is 0 Å². The van der Waals surface area contributed by atoms with Gasteiger partial charge in [0.25, 0.3) is 0 Å². The maximum Gasteiger partial charge on any atom is 0.131 e. The lowest BCUT2D eigenvalue weighted by Crippen LogP contribution is -2.22. The van der Waals surface area contributed by atoms with Gasteiger partial charge >= 0.3 is 0 Å². The first-order chi connectivity index (χ1) is 8.61. The van der Waals surface area contributed by atoms with Crippen LogP contribution >= 0.6 is 0 Å². The van der Waals surface area contributed by atoms with Crippen molar-refractivity contribution < 1.29 is 8.78 Å². The van der Waals surface area contributed by atoms with Crippen LogP contribution in [0, 0.1) is 11.6 Å². The molecule has 0 aliphatic heterocycles. The van der Waals surface area contributed by atoms with Gasteiger partial charge in [0.15, 0.2) is 0 Å². The molecule has 0 spiro atoms. The Morgan fingerprint density at radius 2 is 2.17 bits per heavy atom. The topological polar surface area (TPSA) is 29.9 Å². The zero-order valence-electron chi connectivity index (χ0n) is 10.3. The van der Waals surface area contributed by atoms with E-state index in [1.54, 1.807) is 17.9 Å². The normalized spacial score (nSPS) is 12.7. The molecule has 0 saturated carbocycles. The number of rotatable bonds is 4. The van der Waals surface area contributed by atoms with E-state index in [2.05, 4.69) is 10.4 Å². The van der Waals surface area contributed by atoms with Gasteiger partial charge in [-0.1, -0.05) is 13.0 Å². The molecule has 0 aliphatic rings. The number of aryl methyl sites for hydroxylation is 1. The molecule has 3 nitrogen and oxygen atoms in total. The molecule has 0 bridgehead atoms. The number of aromatic nitrogens is 2. The van der Waals surface area contributed by atoms with Gasteiger partial charge < -0.3 is 5.32 Å². The van der Waals surface area contributed by atoms with Crippen LogP contribution < -0.4 is 5.32 Å². The van der Waals surface area contributed by atoms with E-state index < -0.39 is 11.6 Å². The molecule has 2 rings (SSSR count). The number of hydrogen-bond acceptors (Lipinski definition) is 2. The lowest BCUT2D eigenvalue weighted by molar-refractivity contribution is 0.541. The van der Waals surface area contributed by atoms with Crippen molar-refractivity contribution in [3.8, 4) is 0 Å². The van der Waals surface area contributed by atoms with Crippen molar-refractivity contribution in [2.24, 2.45) is 7.05 Å². The molecule has 96 valence electrons. The van der Waals surface area contributed by atoms with Crippen LogP contribution in [0.15, 0.2) is 30.6 Å². The summed E-state index contributed by atoms with van der Waals surface area (Å²) in [6, 6.07) is 3.31. The molecule has 0 amide bonds. The molecule has 0 fully saturated rings. The van der Waals surface area contributed by atoms with Crippen LogP contribution in [0.1, 0.15) is 24.1 Å². The highest BCUT2D eigenvalue weighted by molar-refractivity contribution is 5.30. The lowest BCUT2D eigenvalue weighted by Gasteiger charge is -2.17. The maximum atomic E-state index is 13.8. The fraction of sp³-hybridized carbons (Fsp3) is 0.308. The first-order valence-corrected chi connectivity index (χ1v) is 5.78. The highest BCUT2D eigenvalue weighted by Crippen LogP contribution is 2.24. The molecule has 0 saturated heterocycles. The zero-order valence-corrected chi connectivity index (χ0v) is 10.3. The summed E-state index contributed by atoms with van der Waals surface area (Å²) >= 11 is 0. The van der Waals surface area contributed by atoms with Gasteiger partial charge in [0.05, 0.1) is 12.2 Å². The quantitative estimate of drug-likeness (QED) is 0.904. The SMILES string of the molecule is CCNC(c1cnn(C)c1)c1ccc(F)cc1F. The average molecular weight is 251 g/mol. The van der Waals surface area contributed by atoms with Crippen LogP contribution in [-0.2, 0) is 7.05 Å². The first-order valence-electron chi connectivity index (χ1n) is 5.78. The van der Waals surface area contributed by atoms with E-state index in [9.17, 15) is 8.78 Å². The summed E-state index contributed by atoms with van der Waals surface area (Å²) in [5.41, 5.74) is 1.27. The third-order valence-electron chi connectivity index (χ3n) is 2.74. The second-order valence-corrected chi connectivity index (χ2v) is 4.10. The molecule has 1 aromatic carbocycles. The van der Waals surface area contributed by atoms with Gasteiger partial charge in [0.2, 0.25) is 0 Å². The second-order valence-electron chi connectivity index (χ2n) is 4.10. The van der Waals surface area contributed by atoms with Crippen LogP contribution in [0.4, 0.5) is 8.78 Å². The molecular formula is C13H15F2N3. The molecule has 1 N–H and O–H groups in total. The number of benzene rings is 1. The molecule has 1 heterocycles. The van der Waals surface area contributed by atoms with Crippen molar-refractivity contribution in [3.05, 3.63) is 53.4 Å². The predicted octanol–water partition coefficient (Wildman–Crippen LogP) is 2.40. The summed E-state index contributed by atoms with van der Waals surface area (Å²) in [6.07, 6.45) is 3.49. The highest BCUT2D eigenvalue weighted by Gasteiger charge is 2.18. The molecule has 2 aromatic rings. The third-order valence-corrected chi connectivity index (χ3v) is 2.74. The van der Waals surface area contributed by atoms with Crippen LogP contribution in [0.3, 0.4) is 0 Å². The predicted molar refractivity (Wildman–Crippen MR) is 65.1 cm³/mol. The van der Waals surface area contributed by atoms with E-state index in [0.29, 0.717) is 12.1 Å². The van der Waals surface area contributed by atoms with Gasteiger partial charge in [0, 0.05) is 30.4 Å². The monoisotopic (exact) mass is 251 g/mol. The minimum atomic E-state index is -0.572. The van der Waals surface area contributed by atoms with Crippen LogP contribution in [-0.4, -0.2) is 16.3 Å². The Morgan fingerprint density at radius 3 is 2.72 bits per heavy atom. The van der Waals surface area contributed by atoms with E-state index >= 15 is 0 Å². The van der Waals surface area contributed by atoms with Gasteiger partial charge in [-0.05, 0) is 12.6 Å². The molecule has 0 radical (unpaired) electrons. The Balaban J connectivity index is 2.41. The first kappa shape index (κ1) is 12.7.